The number of halogens is 3. The zero-order chi connectivity index (χ0) is 14.2. The Kier molecular flexibility index (Phi) is 3.66. The number of nitrogens with zero attached hydrogens (tertiary/aromatic N) is 2. The van der Waals surface area contributed by atoms with Crippen LogP contribution in [0.2, 0.25) is 0 Å². The number of benzene rings is 1. The molecule has 0 fully saturated rings. The number of carboxylic acids is 1. The Bertz CT molecular complexity index is 655. The number of aliphatic carboxylic acids is 1. The van der Waals surface area contributed by atoms with Crippen molar-refractivity contribution in [1.29, 1.82) is 0 Å². The van der Waals surface area contributed by atoms with E-state index in [1.165, 1.54) is 10.7 Å². The van der Waals surface area contributed by atoms with Gasteiger partial charge in [0, 0.05) is 18.7 Å². The molecule has 0 unspecified atom stereocenters. The normalized spacial score (nSPS) is 10.7. The van der Waals surface area contributed by atoms with Gasteiger partial charge in [-0.3, -0.25) is 9.48 Å². The molecule has 19 heavy (non-hydrogen) atoms. The Labute approximate surface area is 115 Å². The lowest BCUT2D eigenvalue weighted by Gasteiger charge is -2.00. The van der Waals surface area contributed by atoms with E-state index in [9.17, 15) is 13.6 Å². The molecule has 100 valence electrons. The second kappa shape index (κ2) is 5.08. The fourth-order valence-electron chi connectivity index (χ4n) is 1.72. The Balaban J connectivity index is 2.54. The number of hydrogen-bond donors (Lipinski definition) is 1. The topological polar surface area (TPSA) is 55.1 Å². The van der Waals surface area contributed by atoms with Gasteiger partial charge in [-0.25, -0.2) is 8.78 Å². The van der Waals surface area contributed by atoms with Gasteiger partial charge in [-0.05, 0) is 28.1 Å². The Morgan fingerprint density at radius 1 is 1.47 bits per heavy atom. The summed E-state index contributed by atoms with van der Waals surface area (Å²) in [7, 11) is 1.56. The summed E-state index contributed by atoms with van der Waals surface area (Å²) in [4.78, 5) is 10.7. The van der Waals surface area contributed by atoms with Crippen LogP contribution in [0.25, 0.3) is 11.3 Å². The molecule has 0 aliphatic rings. The fourth-order valence-corrected chi connectivity index (χ4v) is 2.41. The smallest absolute Gasteiger partial charge is 0.309 e. The maximum atomic E-state index is 13.7. The summed E-state index contributed by atoms with van der Waals surface area (Å²) in [6.07, 6.45) is -0.243. The fraction of sp³-hybridized carbons (Fsp3) is 0.167. The van der Waals surface area contributed by atoms with E-state index in [-0.39, 0.29) is 17.7 Å². The van der Waals surface area contributed by atoms with E-state index in [1.54, 1.807) is 7.05 Å². The summed E-state index contributed by atoms with van der Waals surface area (Å²) in [5.74, 6) is -2.45. The molecule has 0 saturated carbocycles. The minimum absolute atomic E-state index is 0.112. The third kappa shape index (κ3) is 2.65. The van der Waals surface area contributed by atoms with Crippen LogP contribution in [0.1, 0.15) is 5.69 Å². The van der Waals surface area contributed by atoms with Crippen molar-refractivity contribution >= 4 is 21.9 Å². The van der Waals surface area contributed by atoms with Crippen molar-refractivity contribution in [2.75, 3.05) is 0 Å². The number of aryl methyl sites for hydroxylation is 1. The van der Waals surface area contributed by atoms with Crippen molar-refractivity contribution in [3.8, 4) is 11.3 Å². The van der Waals surface area contributed by atoms with Crippen molar-refractivity contribution in [2.24, 2.45) is 7.05 Å². The second-order valence-electron chi connectivity index (χ2n) is 3.93. The molecule has 0 aliphatic carbocycles. The monoisotopic (exact) mass is 330 g/mol. The minimum Gasteiger partial charge on any atom is -0.481 e. The van der Waals surface area contributed by atoms with E-state index in [1.807, 2.05) is 0 Å². The molecule has 0 aliphatic heterocycles. The van der Waals surface area contributed by atoms with E-state index in [2.05, 4.69) is 21.0 Å². The summed E-state index contributed by atoms with van der Waals surface area (Å²) >= 11 is 3.21. The lowest BCUT2D eigenvalue weighted by atomic mass is 10.1. The predicted octanol–water partition coefficient (Wildman–Crippen LogP) is 2.75. The molecule has 1 heterocycles. The van der Waals surface area contributed by atoms with E-state index >= 15 is 0 Å². The van der Waals surface area contributed by atoms with Crippen LogP contribution in [0.15, 0.2) is 22.7 Å². The number of carbonyl (C=O) groups is 1. The molecule has 4 nitrogen and oxygen atoms in total. The average molecular weight is 331 g/mol. The van der Waals surface area contributed by atoms with Gasteiger partial charge in [-0.2, -0.15) is 5.10 Å². The lowest BCUT2D eigenvalue weighted by Crippen LogP contribution is -2.06. The van der Waals surface area contributed by atoms with Gasteiger partial charge in [0.2, 0.25) is 0 Å². The molecule has 0 spiro atoms. The zero-order valence-corrected chi connectivity index (χ0v) is 11.4. The largest absolute Gasteiger partial charge is 0.481 e. The molecule has 0 amide bonds. The van der Waals surface area contributed by atoms with Crippen LogP contribution < -0.4 is 0 Å². The lowest BCUT2D eigenvalue weighted by molar-refractivity contribution is -0.136. The molecule has 0 atom stereocenters. The first kappa shape index (κ1) is 13.7. The quantitative estimate of drug-likeness (QED) is 0.941. The highest BCUT2D eigenvalue weighted by Crippen LogP contribution is 2.32. The van der Waals surface area contributed by atoms with Gasteiger partial charge in [0.25, 0.3) is 0 Å². The van der Waals surface area contributed by atoms with Gasteiger partial charge in [0.1, 0.15) is 17.3 Å². The molecule has 2 rings (SSSR count). The van der Waals surface area contributed by atoms with Crippen molar-refractivity contribution in [2.45, 2.75) is 6.42 Å². The first-order chi connectivity index (χ1) is 8.90. The van der Waals surface area contributed by atoms with Crippen LogP contribution in [-0.4, -0.2) is 20.9 Å². The molecular weight excluding hydrogens is 322 g/mol. The summed E-state index contributed by atoms with van der Waals surface area (Å²) in [6.45, 7) is 0. The van der Waals surface area contributed by atoms with Crippen LogP contribution >= 0.6 is 15.9 Å². The molecule has 2 aromatic rings. The number of hydrogen-bond acceptors (Lipinski definition) is 2. The Morgan fingerprint density at radius 3 is 2.74 bits per heavy atom. The van der Waals surface area contributed by atoms with Gasteiger partial charge < -0.3 is 5.11 Å². The highest BCUT2D eigenvalue weighted by Gasteiger charge is 2.19. The Morgan fingerprint density at radius 2 is 2.16 bits per heavy atom. The number of aromatic nitrogens is 2. The maximum absolute atomic E-state index is 13.7. The van der Waals surface area contributed by atoms with Gasteiger partial charge >= 0.3 is 5.97 Å². The van der Waals surface area contributed by atoms with Crippen LogP contribution in [-0.2, 0) is 18.3 Å². The number of rotatable bonds is 3. The van der Waals surface area contributed by atoms with Crippen LogP contribution in [0.3, 0.4) is 0 Å². The summed E-state index contributed by atoms with van der Waals surface area (Å²) in [5, 5.41) is 12.9. The van der Waals surface area contributed by atoms with Gasteiger partial charge in [-0.1, -0.05) is 0 Å². The van der Waals surface area contributed by atoms with Crippen LogP contribution in [0.5, 0.6) is 0 Å². The van der Waals surface area contributed by atoms with E-state index in [0.29, 0.717) is 10.2 Å². The highest BCUT2D eigenvalue weighted by atomic mass is 79.9. The van der Waals surface area contributed by atoms with Crippen molar-refractivity contribution in [3.05, 3.63) is 40.0 Å². The van der Waals surface area contributed by atoms with E-state index in [0.717, 1.165) is 12.1 Å². The van der Waals surface area contributed by atoms with Crippen LogP contribution in [0.4, 0.5) is 8.78 Å². The standard InChI is InChI=1S/C12H9BrF2N2O2/c1-17-9(5-10(18)19)11(13)12(16-17)7-3-2-6(14)4-8(7)15/h2-4H,5H2,1H3,(H,18,19). The molecule has 1 aromatic carbocycles. The maximum Gasteiger partial charge on any atom is 0.309 e. The average Bonchev–Trinajstić information content (AvgIpc) is 2.57. The van der Waals surface area contributed by atoms with Crippen molar-refractivity contribution in [1.82, 2.24) is 9.78 Å². The third-order valence-electron chi connectivity index (χ3n) is 2.61. The Hall–Kier alpha value is -1.76. The van der Waals surface area contributed by atoms with Gasteiger partial charge in [0.05, 0.1) is 16.6 Å². The molecule has 0 saturated heterocycles. The molecule has 7 heteroatoms. The van der Waals surface area contributed by atoms with Gasteiger partial charge in [-0.15, -0.1) is 0 Å². The zero-order valence-electron chi connectivity index (χ0n) is 9.82. The van der Waals surface area contributed by atoms with Crippen LogP contribution in [0, 0.1) is 11.6 Å². The SMILES string of the molecule is Cn1nc(-c2ccc(F)cc2F)c(Br)c1CC(=O)O. The second-order valence-corrected chi connectivity index (χ2v) is 4.72. The van der Waals surface area contributed by atoms with E-state index < -0.39 is 17.6 Å². The van der Waals surface area contributed by atoms with Crippen molar-refractivity contribution < 1.29 is 18.7 Å². The first-order valence-electron chi connectivity index (χ1n) is 5.28. The highest BCUT2D eigenvalue weighted by molar-refractivity contribution is 9.10. The van der Waals surface area contributed by atoms with Crippen molar-refractivity contribution in [3.63, 3.8) is 0 Å². The predicted molar refractivity (Wildman–Crippen MR) is 67.6 cm³/mol. The summed E-state index contributed by atoms with van der Waals surface area (Å²) in [5.41, 5.74) is 0.767. The molecule has 1 N–H and O–H groups in total. The van der Waals surface area contributed by atoms with Gasteiger partial charge in [0.15, 0.2) is 0 Å². The molecule has 1 aromatic heterocycles. The molecule has 0 radical (unpaired) electrons. The molecule has 0 bridgehead atoms. The molecular formula is C12H9BrF2N2O2. The number of carboxylic acid groups (broad SMARTS) is 1. The third-order valence-corrected chi connectivity index (χ3v) is 3.44. The minimum atomic E-state index is -1.02. The summed E-state index contributed by atoms with van der Waals surface area (Å²) < 4.78 is 28.3. The van der Waals surface area contributed by atoms with E-state index in [4.69, 9.17) is 5.11 Å². The summed E-state index contributed by atoms with van der Waals surface area (Å²) in [6, 6.07) is 3.14. The first-order valence-corrected chi connectivity index (χ1v) is 6.08.